The second-order valence-corrected chi connectivity index (χ2v) is 12.0. The van der Waals surface area contributed by atoms with Crippen molar-refractivity contribution in [2.45, 2.75) is 51.9 Å². The second-order valence-electron chi connectivity index (χ2n) is 10.1. The molecule has 0 fully saturated rings. The third-order valence-electron chi connectivity index (χ3n) is 5.77. The van der Waals surface area contributed by atoms with E-state index in [-0.39, 0.29) is 30.0 Å². The number of nitrogens with zero attached hydrogens (tertiary/aromatic N) is 1. The van der Waals surface area contributed by atoms with E-state index in [0.717, 1.165) is 28.0 Å². The number of carbonyl (C=O) groups excluding carboxylic acids is 1. The summed E-state index contributed by atoms with van der Waals surface area (Å²) in [6.07, 6.45) is 0. The van der Waals surface area contributed by atoms with Crippen LogP contribution in [0.5, 0.6) is 5.75 Å². The van der Waals surface area contributed by atoms with Crippen molar-refractivity contribution in [1.29, 1.82) is 0 Å². The van der Waals surface area contributed by atoms with Crippen LogP contribution in [0.4, 0.5) is 5.69 Å². The molecule has 0 spiro atoms. The first-order chi connectivity index (χ1) is 16.9. The minimum atomic E-state index is -3.95. The lowest BCUT2D eigenvalue weighted by atomic mass is 9.86. The maximum absolute atomic E-state index is 13.6. The first-order valence-corrected chi connectivity index (χ1v) is 13.5. The van der Waals surface area contributed by atoms with Crippen molar-refractivity contribution in [2.24, 2.45) is 0 Å². The molecule has 0 heterocycles. The Morgan fingerprint density at radius 1 is 0.889 bits per heavy atom. The molecule has 3 aromatic carbocycles. The molecule has 1 amide bonds. The van der Waals surface area contributed by atoms with Crippen LogP contribution in [0, 0.1) is 20.8 Å². The largest absolute Gasteiger partial charge is 0.491 e. The van der Waals surface area contributed by atoms with Gasteiger partial charge in [-0.2, -0.15) is 0 Å². The molecule has 3 aromatic rings. The Morgan fingerprint density at radius 3 is 2.11 bits per heavy atom. The molecule has 0 saturated carbocycles. The van der Waals surface area contributed by atoms with Crippen molar-refractivity contribution in [2.75, 3.05) is 24.0 Å². The standard InChI is InChI=1S/C29H36N2O4S/c1-21-11-13-25(14-12-21)36(33,34)31(24-18-22(2)17-23(3)19-24)20-28(32)30-15-16-35-27-10-8-7-9-26(27)29(4,5)6/h7-14,17-19H,15-16,20H2,1-6H3,(H,30,32). The lowest BCUT2D eigenvalue weighted by Crippen LogP contribution is -2.42. The Bertz CT molecular complexity index is 1290. The highest BCUT2D eigenvalue weighted by atomic mass is 32.2. The van der Waals surface area contributed by atoms with E-state index in [9.17, 15) is 13.2 Å². The predicted molar refractivity (Wildman–Crippen MR) is 145 cm³/mol. The van der Waals surface area contributed by atoms with Crippen LogP contribution in [-0.4, -0.2) is 34.0 Å². The number of carbonyl (C=O) groups is 1. The van der Waals surface area contributed by atoms with Crippen molar-refractivity contribution in [3.63, 3.8) is 0 Å². The molecule has 0 aromatic heterocycles. The summed E-state index contributed by atoms with van der Waals surface area (Å²) in [6, 6.07) is 20.0. The van der Waals surface area contributed by atoms with Gasteiger partial charge in [-0.1, -0.05) is 62.7 Å². The number of sulfonamides is 1. The smallest absolute Gasteiger partial charge is 0.264 e. The number of ether oxygens (including phenoxy) is 1. The summed E-state index contributed by atoms with van der Waals surface area (Å²) >= 11 is 0. The molecule has 192 valence electrons. The van der Waals surface area contributed by atoms with E-state index in [2.05, 4.69) is 26.1 Å². The number of anilines is 1. The second kappa shape index (κ2) is 11.2. The molecule has 0 radical (unpaired) electrons. The normalized spacial score (nSPS) is 11.7. The predicted octanol–water partition coefficient (Wildman–Crippen LogP) is 5.30. The summed E-state index contributed by atoms with van der Waals surface area (Å²) in [5.41, 5.74) is 4.26. The monoisotopic (exact) mass is 508 g/mol. The Balaban J connectivity index is 1.74. The fourth-order valence-corrected chi connectivity index (χ4v) is 5.40. The van der Waals surface area contributed by atoms with Crippen LogP contribution in [0.3, 0.4) is 0 Å². The highest BCUT2D eigenvalue weighted by Gasteiger charge is 2.27. The molecule has 0 saturated heterocycles. The van der Waals surface area contributed by atoms with E-state index in [0.29, 0.717) is 5.69 Å². The fraction of sp³-hybridized carbons (Fsp3) is 0.345. The van der Waals surface area contributed by atoms with E-state index in [1.54, 1.807) is 36.4 Å². The topological polar surface area (TPSA) is 75.7 Å². The van der Waals surface area contributed by atoms with Crippen LogP contribution in [0.2, 0.25) is 0 Å². The number of aryl methyl sites for hydroxylation is 3. The molecule has 0 atom stereocenters. The molecule has 6 nitrogen and oxygen atoms in total. The van der Waals surface area contributed by atoms with Gasteiger partial charge < -0.3 is 10.1 Å². The first kappa shape index (κ1) is 27.3. The van der Waals surface area contributed by atoms with Crippen molar-refractivity contribution in [3.8, 4) is 5.75 Å². The molecule has 36 heavy (non-hydrogen) atoms. The Labute approximate surface area is 215 Å². The maximum atomic E-state index is 13.6. The van der Waals surface area contributed by atoms with E-state index >= 15 is 0 Å². The summed E-state index contributed by atoms with van der Waals surface area (Å²) in [4.78, 5) is 13.0. The average molecular weight is 509 g/mol. The molecule has 0 bridgehead atoms. The maximum Gasteiger partial charge on any atom is 0.264 e. The zero-order valence-corrected chi connectivity index (χ0v) is 22.8. The highest BCUT2D eigenvalue weighted by molar-refractivity contribution is 7.92. The van der Waals surface area contributed by atoms with Gasteiger partial charge in [0.05, 0.1) is 17.1 Å². The number of hydrogen-bond donors (Lipinski definition) is 1. The summed E-state index contributed by atoms with van der Waals surface area (Å²) in [5, 5.41) is 2.80. The van der Waals surface area contributed by atoms with Crippen LogP contribution in [-0.2, 0) is 20.2 Å². The van der Waals surface area contributed by atoms with Gasteiger partial charge in [-0.25, -0.2) is 8.42 Å². The minimum absolute atomic E-state index is 0.0728. The summed E-state index contributed by atoms with van der Waals surface area (Å²) in [7, 11) is -3.95. The summed E-state index contributed by atoms with van der Waals surface area (Å²) in [5.74, 6) is 0.371. The minimum Gasteiger partial charge on any atom is -0.491 e. The van der Waals surface area contributed by atoms with Gasteiger partial charge in [-0.05, 0) is 73.2 Å². The lowest BCUT2D eigenvalue weighted by molar-refractivity contribution is -0.119. The molecule has 7 heteroatoms. The van der Waals surface area contributed by atoms with Crippen LogP contribution in [0.1, 0.15) is 43.0 Å². The molecular formula is C29H36N2O4S. The molecule has 0 aliphatic rings. The highest BCUT2D eigenvalue weighted by Crippen LogP contribution is 2.31. The first-order valence-electron chi connectivity index (χ1n) is 12.0. The third kappa shape index (κ3) is 6.88. The lowest BCUT2D eigenvalue weighted by Gasteiger charge is -2.25. The molecule has 0 aliphatic carbocycles. The van der Waals surface area contributed by atoms with E-state index < -0.39 is 15.9 Å². The van der Waals surface area contributed by atoms with Gasteiger partial charge >= 0.3 is 0 Å². The van der Waals surface area contributed by atoms with Crippen LogP contribution in [0.15, 0.2) is 71.6 Å². The van der Waals surface area contributed by atoms with E-state index in [4.69, 9.17) is 4.74 Å². The van der Waals surface area contributed by atoms with Gasteiger partial charge in [0.25, 0.3) is 10.0 Å². The SMILES string of the molecule is Cc1ccc(S(=O)(=O)N(CC(=O)NCCOc2ccccc2C(C)(C)C)c2cc(C)cc(C)c2)cc1. The number of nitrogens with one attached hydrogen (secondary N) is 1. The van der Waals surface area contributed by atoms with Crippen molar-refractivity contribution in [1.82, 2.24) is 5.32 Å². The van der Waals surface area contributed by atoms with Crippen LogP contribution >= 0.6 is 0 Å². The summed E-state index contributed by atoms with van der Waals surface area (Å²) < 4.78 is 34.2. The zero-order valence-electron chi connectivity index (χ0n) is 22.0. The molecule has 3 rings (SSSR count). The molecule has 0 unspecified atom stereocenters. The van der Waals surface area contributed by atoms with Gasteiger partial charge in [0.2, 0.25) is 5.91 Å². The van der Waals surface area contributed by atoms with Crippen LogP contribution in [0.25, 0.3) is 0 Å². The number of rotatable bonds is 9. The van der Waals surface area contributed by atoms with Gasteiger partial charge in [0.1, 0.15) is 18.9 Å². The van der Waals surface area contributed by atoms with Crippen molar-refractivity contribution < 1.29 is 17.9 Å². The quantitative estimate of drug-likeness (QED) is 0.398. The van der Waals surface area contributed by atoms with Gasteiger partial charge in [-0.15, -0.1) is 0 Å². The zero-order chi connectivity index (χ0) is 26.5. The molecule has 1 N–H and O–H groups in total. The third-order valence-corrected chi connectivity index (χ3v) is 7.56. The Kier molecular flexibility index (Phi) is 8.46. The van der Waals surface area contributed by atoms with Crippen molar-refractivity contribution >= 4 is 21.6 Å². The average Bonchev–Trinajstić information content (AvgIpc) is 2.79. The molecule has 0 aliphatic heterocycles. The number of hydrogen-bond acceptors (Lipinski definition) is 4. The van der Waals surface area contributed by atoms with Crippen LogP contribution < -0.4 is 14.4 Å². The Morgan fingerprint density at radius 2 is 1.50 bits per heavy atom. The van der Waals surface area contributed by atoms with Gasteiger partial charge in [-0.3, -0.25) is 9.10 Å². The molecular weight excluding hydrogens is 472 g/mol. The Hall–Kier alpha value is -3.32. The number of para-hydroxylation sites is 1. The van der Waals surface area contributed by atoms with E-state index in [1.807, 2.05) is 51.1 Å². The summed E-state index contributed by atoms with van der Waals surface area (Å²) in [6.45, 7) is 12.2. The number of benzene rings is 3. The number of amides is 1. The van der Waals surface area contributed by atoms with Crippen molar-refractivity contribution in [3.05, 3.63) is 89.0 Å². The van der Waals surface area contributed by atoms with Gasteiger partial charge in [0, 0.05) is 0 Å². The van der Waals surface area contributed by atoms with Gasteiger partial charge in [0.15, 0.2) is 0 Å². The fourth-order valence-electron chi connectivity index (χ4n) is 4.00. The van der Waals surface area contributed by atoms with E-state index in [1.165, 1.54) is 4.31 Å².